The van der Waals surface area contributed by atoms with E-state index >= 15 is 0 Å². The second kappa shape index (κ2) is 8.11. The molecular formula is C19H21BrN2O2. The van der Waals surface area contributed by atoms with Gasteiger partial charge in [-0.2, -0.15) is 0 Å². The molecular weight excluding hydrogens is 368 g/mol. The van der Waals surface area contributed by atoms with Gasteiger partial charge < -0.3 is 10.6 Å². The van der Waals surface area contributed by atoms with Gasteiger partial charge in [-0.1, -0.05) is 43.7 Å². The molecule has 0 fully saturated rings. The van der Waals surface area contributed by atoms with Gasteiger partial charge in [-0.25, -0.2) is 0 Å². The molecule has 0 spiro atoms. The van der Waals surface area contributed by atoms with Crippen LogP contribution in [0.2, 0.25) is 0 Å². The van der Waals surface area contributed by atoms with E-state index in [0.29, 0.717) is 15.7 Å². The first kappa shape index (κ1) is 18.2. The Morgan fingerprint density at radius 3 is 2.21 bits per heavy atom. The molecule has 2 aromatic rings. The van der Waals surface area contributed by atoms with E-state index in [2.05, 4.69) is 26.6 Å². The SMILES string of the molecule is Cc1ccc(NC(=O)C(NC(=O)c2ccccc2Br)C(C)C)cc1. The molecule has 0 aliphatic heterocycles. The van der Waals surface area contributed by atoms with Crippen LogP contribution >= 0.6 is 15.9 Å². The van der Waals surface area contributed by atoms with Crippen molar-refractivity contribution in [2.45, 2.75) is 26.8 Å². The van der Waals surface area contributed by atoms with E-state index in [4.69, 9.17) is 0 Å². The summed E-state index contributed by atoms with van der Waals surface area (Å²) in [5.74, 6) is -0.545. The van der Waals surface area contributed by atoms with Crippen molar-refractivity contribution in [2.75, 3.05) is 5.32 Å². The molecule has 0 aliphatic carbocycles. The van der Waals surface area contributed by atoms with Crippen LogP contribution in [-0.2, 0) is 4.79 Å². The number of benzene rings is 2. The Labute approximate surface area is 150 Å². The van der Waals surface area contributed by atoms with Crippen LogP contribution in [0, 0.1) is 12.8 Å². The molecule has 2 rings (SSSR count). The lowest BCUT2D eigenvalue weighted by Crippen LogP contribution is -2.47. The van der Waals surface area contributed by atoms with E-state index in [1.807, 2.05) is 51.1 Å². The standard InChI is InChI=1S/C19H21BrN2O2/c1-12(2)17(19(24)21-14-10-8-13(3)9-11-14)22-18(23)15-6-4-5-7-16(15)20/h4-12,17H,1-3H3,(H,21,24)(H,22,23). The maximum absolute atomic E-state index is 12.6. The monoisotopic (exact) mass is 388 g/mol. The highest BCUT2D eigenvalue weighted by molar-refractivity contribution is 9.10. The molecule has 5 heteroatoms. The van der Waals surface area contributed by atoms with E-state index in [0.717, 1.165) is 5.56 Å². The molecule has 0 heterocycles. The number of anilines is 1. The molecule has 1 unspecified atom stereocenters. The topological polar surface area (TPSA) is 58.2 Å². The third kappa shape index (κ3) is 4.68. The Morgan fingerprint density at radius 1 is 1.00 bits per heavy atom. The third-order valence-electron chi connectivity index (χ3n) is 3.67. The van der Waals surface area contributed by atoms with Crippen molar-refractivity contribution in [2.24, 2.45) is 5.92 Å². The summed E-state index contributed by atoms with van der Waals surface area (Å²) in [6.45, 7) is 5.79. The summed E-state index contributed by atoms with van der Waals surface area (Å²) in [6.07, 6.45) is 0. The second-order valence-electron chi connectivity index (χ2n) is 6.03. The highest BCUT2D eigenvalue weighted by Gasteiger charge is 2.25. The highest BCUT2D eigenvalue weighted by atomic mass is 79.9. The smallest absolute Gasteiger partial charge is 0.253 e. The predicted octanol–water partition coefficient (Wildman–Crippen LogP) is 4.15. The first-order valence-electron chi connectivity index (χ1n) is 7.81. The van der Waals surface area contributed by atoms with Crippen LogP contribution in [0.25, 0.3) is 0 Å². The van der Waals surface area contributed by atoms with Gasteiger partial charge in [0, 0.05) is 10.2 Å². The average molecular weight is 389 g/mol. The van der Waals surface area contributed by atoms with Crippen molar-refractivity contribution in [3.05, 3.63) is 64.1 Å². The molecule has 0 radical (unpaired) electrons. The zero-order valence-corrected chi connectivity index (χ0v) is 15.6. The maximum atomic E-state index is 12.6. The van der Waals surface area contributed by atoms with E-state index < -0.39 is 6.04 Å². The van der Waals surface area contributed by atoms with Crippen LogP contribution in [0.5, 0.6) is 0 Å². The first-order valence-corrected chi connectivity index (χ1v) is 8.60. The zero-order chi connectivity index (χ0) is 17.7. The molecule has 2 N–H and O–H groups in total. The van der Waals surface area contributed by atoms with Gasteiger partial charge in [-0.3, -0.25) is 9.59 Å². The number of hydrogen-bond acceptors (Lipinski definition) is 2. The summed E-state index contributed by atoms with van der Waals surface area (Å²) in [5, 5.41) is 5.68. The zero-order valence-electron chi connectivity index (χ0n) is 14.0. The predicted molar refractivity (Wildman–Crippen MR) is 100 cm³/mol. The van der Waals surface area contributed by atoms with Crippen molar-refractivity contribution in [1.82, 2.24) is 5.32 Å². The summed E-state index contributed by atoms with van der Waals surface area (Å²) < 4.78 is 0.698. The van der Waals surface area contributed by atoms with Gasteiger partial charge in [0.1, 0.15) is 6.04 Å². The molecule has 2 aromatic carbocycles. The van der Waals surface area contributed by atoms with Crippen LogP contribution in [-0.4, -0.2) is 17.9 Å². The molecule has 1 atom stereocenters. The quantitative estimate of drug-likeness (QED) is 0.807. The van der Waals surface area contributed by atoms with Crippen molar-refractivity contribution >= 4 is 33.4 Å². The molecule has 0 aliphatic rings. The highest BCUT2D eigenvalue weighted by Crippen LogP contribution is 2.17. The molecule has 0 aromatic heterocycles. The lowest BCUT2D eigenvalue weighted by molar-refractivity contribution is -0.118. The third-order valence-corrected chi connectivity index (χ3v) is 4.36. The molecule has 4 nitrogen and oxygen atoms in total. The fraction of sp³-hybridized carbons (Fsp3) is 0.263. The van der Waals surface area contributed by atoms with Crippen molar-refractivity contribution in [3.63, 3.8) is 0 Å². The van der Waals surface area contributed by atoms with Gasteiger partial charge in [0.2, 0.25) is 5.91 Å². The van der Waals surface area contributed by atoms with E-state index in [-0.39, 0.29) is 17.7 Å². The number of carbonyl (C=O) groups is 2. The Balaban J connectivity index is 2.11. The molecule has 0 saturated heterocycles. The number of halogens is 1. The summed E-state index contributed by atoms with van der Waals surface area (Å²) >= 11 is 3.36. The fourth-order valence-corrected chi connectivity index (χ4v) is 2.72. The molecule has 0 saturated carbocycles. The van der Waals surface area contributed by atoms with E-state index in [1.54, 1.807) is 18.2 Å². The maximum Gasteiger partial charge on any atom is 0.253 e. The number of rotatable bonds is 5. The van der Waals surface area contributed by atoms with Crippen LogP contribution < -0.4 is 10.6 Å². The summed E-state index contributed by atoms with van der Waals surface area (Å²) in [7, 11) is 0. The number of nitrogens with one attached hydrogen (secondary N) is 2. The number of aryl methyl sites for hydroxylation is 1. The number of carbonyl (C=O) groups excluding carboxylic acids is 2. The summed E-state index contributed by atoms with van der Waals surface area (Å²) in [6, 6.07) is 14.1. The van der Waals surface area contributed by atoms with E-state index in [1.165, 1.54) is 0 Å². The fourth-order valence-electron chi connectivity index (χ4n) is 2.26. The largest absolute Gasteiger partial charge is 0.340 e. The lowest BCUT2D eigenvalue weighted by Gasteiger charge is -2.22. The molecule has 2 amide bonds. The van der Waals surface area contributed by atoms with Gasteiger partial charge in [0.25, 0.3) is 5.91 Å². The summed E-state index contributed by atoms with van der Waals surface area (Å²) in [4.78, 5) is 25.0. The Morgan fingerprint density at radius 2 is 1.62 bits per heavy atom. The van der Waals surface area contributed by atoms with Crippen LogP contribution in [0.1, 0.15) is 29.8 Å². The van der Waals surface area contributed by atoms with Crippen molar-refractivity contribution < 1.29 is 9.59 Å². The number of hydrogen-bond donors (Lipinski definition) is 2. The van der Waals surface area contributed by atoms with Crippen molar-refractivity contribution in [1.29, 1.82) is 0 Å². The average Bonchev–Trinajstić information content (AvgIpc) is 2.54. The van der Waals surface area contributed by atoms with Gasteiger partial charge in [0.05, 0.1) is 5.56 Å². The summed E-state index contributed by atoms with van der Waals surface area (Å²) in [5.41, 5.74) is 2.34. The van der Waals surface area contributed by atoms with E-state index in [9.17, 15) is 9.59 Å². The van der Waals surface area contributed by atoms with Gasteiger partial charge >= 0.3 is 0 Å². The molecule has 0 bridgehead atoms. The van der Waals surface area contributed by atoms with Crippen LogP contribution in [0.15, 0.2) is 53.0 Å². The first-order chi connectivity index (χ1) is 11.4. The number of amides is 2. The van der Waals surface area contributed by atoms with Gasteiger partial charge in [0.15, 0.2) is 0 Å². The second-order valence-corrected chi connectivity index (χ2v) is 6.88. The van der Waals surface area contributed by atoms with Crippen LogP contribution in [0.4, 0.5) is 5.69 Å². The minimum atomic E-state index is -0.620. The van der Waals surface area contributed by atoms with Crippen LogP contribution in [0.3, 0.4) is 0 Å². The normalized spacial score (nSPS) is 11.9. The molecule has 126 valence electrons. The lowest BCUT2D eigenvalue weighted by atomic mass is 10.0. The Hall–Kier alpha value is -2.14. The minimum Gasteiger partial charge on any atom is -0.340 e. The van der Waals surface area contributed by atoms with Gasteiger partial charge in [-0.15, -0.1) is 0 Å². The minimum absolute atomic E-state index is 0.0399. The van der Waals surface area contributed by atoms with Crippen molar-refractivity contribution in [3.8, 4) is 0 Å². The molecule has 24 heavy (non-hydrogen) atoms. The Kier molecular flexibility index (Phi) is 6.15. The van der Waals surface area contributed by atoms with Gasteiger partial charge in [-0.05, 0) is 53.0 Å². The Bertz CT molecular complexity index is 726.